The van der Waals surface area contributed by atoms with Gasteiger partial charge < -0.3 is 33.9 Å². The summed E-state index contributed by atoms with van der Waals surface area (Å²) in [4.78, 5) is 54.8. The molecular formula is C55H66BCl5N9O7P. The third-order valence-electron chi connectivity index (χ3n) is 13.4. The van der Waals surface area contributed by atoms with Crippen molar-refractivity contribution in [2.24, 2.45) is 0 Å². The molecule has 3 aromatic carbocycles. The number of ether oxygens (including phenoxy) is 1. The Kier molecular flexibility index (Phi) is 22.1. The number of rotatable bonds is 6. The van der Waals surface area contributed by atoms with Crippen LogP contribution in [0.2, 0.25) is 5.15 Å². The van der Waals surface area contributed by atoms with Crippen LogP contribution in [-0.4, -0.2) is 102 Å². The second-order valence-corrected chi connectivity index (χ2v) is 27.9. The average molecular weight is 1180 g/mol. The highest BCUT2D eigenvalue weighted by molar-refractivity contribution is 8.24. The molecule has 23 heteroatoms. The number of anilines is 3. The second kappa shape index (κ2) is 27.6. The lowest BCUT2D eigenvalue weighted by atomic mass is 9.75. The number of aromatic nitrogens is 6. The van der Waals surface area contributed by atoms with E-state index in [2.05, 4.69) is 101 Å². The van der Waals surface area contributed by atoms with Crippen molar-refractivity contribution >= 4 is 104 Å². The molecule has 416 valence electrons. The predicted octanol–water partition coefficient (Wildman–Crippen LogP) is 12.3. The van der Waals surface area contributed by atoms with Crippen molar-refractivity contribution in [1.29, 1.82) is 0 Å². The summed E-state index contributed by atoms with van der Waals surface area (Å²) < 4.78 is 26.5. The minimum absolute atomic E-state index is 0.0211. The van der Waals surface area contributed by atoms with Gasteiger partial charge >= 0.3 is 12.3 Å². The SMILES string of the molecule is CC(C)N1C(=O)Cc2c(-c3cnccn3)cccc21.CC(C)N1C(=O)Cc2c(B3OC(C)(C)C(C)(C)O3)cccc21.CC(C)N1c2cccc(-c3cnccn3)c2CC1Cl.Clc1cnccn1.O=P(Cl)(Cl)Cl.OC1CCCO1. The third kappa shape index (κ3) is 16.2. The van der Waals surface area contributed by atoms with Crippen LogP contribution >= 0.6 is 62.1 Å². The molecule has 0 aliphatic carbocycles. The molecule has 78 heavy (non-hydrogen) atoms. The van der Waals surface area contributed by atoms with Crippen molar-refractivity contribution in [3.63, 3.8) is 0 Å². The maximum absolute atomic E-state index is 12.3. The van der Waals surface area contributed by atoms with E-state index in [0.29, 0.717) is 24.0 Å². The van der Waals surface area contributed by atoms with Crippen LogP contribution in [0.15, 0.2) is 110 Å². The Hall–Kier alpha value is -4.78. The fourth-order valence-electron chi connectivity index (χ4n) is 9.31. The molecule has 0 bridgehead atoms. The van der Waals surface area contributed by atoms with Crippen molar-refractivity contribution < 1.29 is 33.3 Å². The van der Waals surface area contributed by atoms with E-state index in [1.165, 1.54) is 17.4 Å². The highest BCUT2D eigenvalue weighted by atomic mass is 36.0. The third-order valence-corrected chi connectivity index (χ3v) is 13.9. The number of aliphatic hydroxyl groups excluding tert-OH is 1. The second-order valence-electron chi connectivity index (χ2n) is 20.3. The maximum Gasteiger partial charge on any atom is 0.495 e. The number of alkyl halides is 1. The quantitative estimate of drug-likeness (QED) is 0.0718. The summed E-state index contributed by atoms with van der Waals surface area (Å²) >= 11 is 25.7. The van der Waals surface area contributed by atoms with Crippen LogP contribution in [0.4, 0.5) is 17.1 Å². The summed E-state index contributed by atoms with van der Waals surface area (Å²) in [5.41, 5.74) is 10.7. The van der Waals surface area contributed by atoms with E-state index in [9.17, 15) is 14.2 Å². The Labute approximate surface area is 482 Å². The Morgan fingerprint density at radius 1 is 0.654 bits per heavy atom. The summed E-state index contributed by atoms with van der Waals surface area (Å²) in [7, 11) is -0.417. The summed E-state index contributed by atoms with van der Waals surface area (Å²) in [6.07, 6.45) is 18.0. The molecule has 5 aliphatic heterocycles. The largest absolute Gasteiger partial charge is 0.495 e. The van der Waals surface area contributed by atoms with Gasteiger partial charge in [-0.15, -0.1) is 0 Å². The zero-order valence-electron chi connectivity index (χ0n) is 45.4. The number of halogens is 5. The summed E-state index contributed by atoms with van der Waals surface area (Å²) in [5.74, 6) is 0.301. The smallest absolute Gasteiger partial charge is 0.399 e. The van der Waals surface area contributed by atoms with Gasteiger partial charge in [0.1, 0.15) is 10.7 Å². The number of aliphatic hydroxyl groups is 1. The molecule has 8 heterocycles. The summed E-state index contributed by atoms with van der Waals surface area (Å²) in [6.45, 7) is 21.4. The van der Waals surface area contributed by atoms with Crippen LogP contribution in [-0.2, 0) is 47.5 Å². The zero-order valence-corrected chi connectivity index (χ0v) is 50.0. The molecule has 3 aromatic heterocycles. The number of fused-ring (bicyclic) bond motifs is 3. The lowest BCUT2D eigenvalue weighted by Gasteiger charge is -2.32. The van der Waals surface area contributed by atoms with Gasteiger partial charge in [-0.1, -0.05) is 59.6 Å². The van der Waals surface area contributed by atoms with Crippen molar-refractivity contribution in [2.45, 2.75) is 142 Å². The van der Waals surface area contributed by atoms with Gasteiger partial charge in [0.2, 0.25) is 11.8 Å². The summed E-state index contributed by atoms with van der Waals surface area (Å²) in [5, 5.41) is 5.72. The minimum Gasteiger partial charge on any atom is -0.399 e. The fraction of sp³-hybridized carbons (Fsp3) is 0.418. The molecule has 2 saturated heterocycles. The number of carbonyl (C=O) groups is 2. The van der Waals surface area contributed by atoms with Crippen LogP contribution in [0.3, 0.4) is 0 Å². The summed E-state index contributed by atoms with van der Waals surface area (Å²) in [6, 6.07) is 19.0. The van der Waals surface area contributed by atoms with E-state index < -0.39 is 18.6 Å². The molecule has 11 rings (SSSR count). The van der Waals surface area contributed by atoms with Crippen molar-refractivity contribution in [1.82, 2.24) is 29.9 Å². The molecule has 2 amide bonds. The molecule has 2 fully saturated rings. The number of hydrogen-bond donors (Lipinski definition) is 1. The number of hydrogen-bond acceptors (Lipinski definition) is 14. The highest BCUT2D eigenvalue weighted by Gasteiger charge is 2.53. The van der Waals surface area contributed by atoms with E-state index in [1.807, 2.05) is 102 Å². The van der Waals surface area contributed by atoms with Crippen LogP contribution in [0, 0.1) is 0 Å². The molecule has 1 N–H and O–H groups in total. The number of carbonyl (C=O) groups excluding carboxylic acids is 2. The van der Waals surface area contributed by atoms with Crippen LogP contribution in [0.5, 0.6) is 0 Å². The normalized spacial score (nSPS) is 18.3. The van der Waals surface area contributed by atoms with Gasteiger partial charge in [0.15, 0.2) is 6.29 Å². The molecule has 16 nitrogen and oxygen atoms in total. The Morgan fingerprint density at radius 2 is 1.12 bits per heavy atom. The topological polar surface area (TPSA) is 186 Å². The number of benzene rings is 3. The maximum atomic E-state index is 12.3. The monoisotopic (exact) mass is 1180 g/mol. The Morgan fingerprint density at radius 3 is 1.51 bits per heavy atom. The first-order chi connectivity index (χ1) is 36.8. The Bertz CT molecular complexity index is 2980. The molecule has 0 radical (unpaired) electrons. The fourth-order valence-corrected chi connectivity index (χ4v) is 9.91. The van der Waals surface area contributed by atoms with E-state index in [4.69, 9.17) is 42.4 Å². The van der Waals surface area contributed by atoms with E-state index in [1.54, 1.807) is 49.6 Å². The first kappa shape index (κ1) is 62.4. The van der Waals surface area contributed by atoms with Gasteiger partial charge in [0.25, 0.3) is 0 Å². The number of nitrogens with zero attached hydrogens (tertiary/aromatic N) is 9. The zero-order chi connectivity index (χ0) is 57.1. The van der Waals surface area contributed by atoms with E-state index >= 15 is 0 Å². The van der Waals surface area contributed by atoms with Crippen molar-refractivity contribution in [2.75, 3.05) is 21.3 Å². The van der Waals surface area contributed by atoms with Crippen LogP contribution in [0.25, 0.3) is 22.5 Å². The predicted molar refractivity (Wildman–Crippen MR) is 314 cm³/mol. The molecule has 5 aliphatic rings. The molecule has 2 atom stereocenters. The molecule has 0 spiro atoms. The molecule has 6 aromatic rings. The minimum atomic E-state index is -3.22. The molecular weight excluding hydrogens is 1120 g/mol. The first-order valence-corrected chi connectivity index (χ1v) is 30.7. The first-order valence-electron chi connectivity index (χ1n) is 25.5. The lowest BCUT2D eigenvalue weighted by Crippen LogP contribution is -2.41. The van der Waals surface area contributed by atoms with E-state index in [0.717, 1.165) is 76.3 Å². The van der Waals surface area contributed by atoms with Crippen molar-refractivity contribution in [3.8, 4) is 22.5 Å². The van der Waals surface area contributed by atoms with Crippen LogP contribution in [0.1, 0.15) is 98.8 Å². The van der Waals surface area contributed by atoms with Gasteiger partial charge in [-0.25, -0.2) is 4.98 Å². The molecule has 2 unspecified atom stereocenters. The average Bonchev–Trinajstić information content (AvgIpc) is 4.26. The molecule has 0 saturated carbocycles. The van der Waals surface area contributed by atoms with E-state index in [-0.39, 0.29) is 40.6 Å². The standard InChI is InChI=1S/C17H24BNO3.C15H16ClN3.C15H15N3O.C4H3ClN2.C4H8O2.Cl3OP/c1-11(2)19-14-9-7-8-13(12(14)10-15(19)20)18-21-16(3,4)17(5,6)22-18;1-10(2)19-14-5-3-4-11(12(14)8-15(19)16)13-9-17-6-7-18-13;1-10(2)18-14-5-3-4-11(12(14)8-15(18)19)13-9-16-6-7-17-13;5-4-3-6-1-2-7-4;5-4-2-1-3-6-4;1-5(2,3)4/h7-9,11H,10H2,1-6H3;3-7,9-10,15H,8H2,1-2H3;3-7,9-10H,8H2,1-2H3;1-3H;4-5H,1-3H2;. The number of amides is 2. The van der Waals surface area contributed by atoms with Gasteiger partial charge in [-0.3, -0.25) is 39.1 Å². The lowest BCUT2D eigenvalue weighted by molar-refractivity contribution is -0.118. The van der Waals surface area contributed by atoms with Gasteiger partial charge in [0.05, 0.1) is 54.0 Å². The Balaban J connectivity index is 0.000000163. The van der Waals surface area contributed by atoms with Crippen molar-refractivity contribution in [3.05, 3.63) is 132 Å². The highest BCUT2D eigenvalue weighted by Crippen LogP contribution is 2.61. The van der Waals surface area contributed by atoms with Gasteiger partial charge in [-0.2, -0.15) is 0 Å². The van der Waals surface area contributed by atoms with Crippen LogP contribution < -0.4 is 20.2 Å². The van der Waals surface area contributed by atoms with Gasteiger partial charge in [0, 0.05) is 103 Å². The van der Waals surface area contributed by atoms with Gasteiger partial charge in [-0.05, 0) is 150 Å².